The number of nitrogens with zero attached hydrogens (tertiary/aromatic N) is 3. The van der Waals surface area contributed by atoms with E-state index in [1.165, 1.54) is 0 Å². The zero-order valence-electron chi connectivity index (χ0n) is 12.8. The van der Waals surface area contributed by atoms with E-state index in [9.17, 15) is 4.79 Å². The number of carbonyl (C=O) groups is 1. The van der Waals surface area contributed by atoms with Crippen molar-refractivity contribution in [3.8, 4) is 11.8 Å². The molecule has 0 saturated carbocycles. The quantitative estimate of drug-likeness (QED) is 0.794. The molecule has 2 atom stereocenters. The molecule has 1 aromatic heterocycles. The van der Waals surface area contributed by atoms with Gasteiger partial charge in [-0.25, -0.2) is 0 Å². The molecule has 1 saturated heterocycles. The SMILES string of the molecule is COc1ccc(O[C@@H]2CCN(C(=O)[C@@H]3CC=CCC3)C2)nn1. The van der Waals surface area contributed by atoms with Crippen LogP contribution in [-0.2, 0) is 4.79 Å². The van der Waals surface area contributed by atoms with Crippen LogP contribution in [0.5, 0.6) is 11.8 Å². The molecule has 1 aliphatic heterocycles. The minimum atomic E-state index is -0.00854. The number of allylic oxidation sites excluding steroid dienone is 2. The molecule has 22 heavy (non-hydrogen) atoms. The van der Waals surface area contributed by atoms with Crippen molar-refractivity contribution >= 4 is 5.91 Å². The first kappa shape index (κ1) is 14.8. The lowest BCUT2D eigenvalue weighted by molar-refractivity contribution is -0.135. The molecule has 3 rings (SSSR count). The largest absolute Gasteiger partial charge is 0.480 e. The summed E-state index contributed by atoms with van der Waals surface area (Å²) in [5.41, 5.74) is 0. The van der Waals surface area contributed by atoms with E-state index in [2.05, 4.69) is 22.3 Å². The summed E-state index contributed by atoms with van der Waals surface area (Å²) in [7, 11) is 1.55. The van der Waals surface area contributed by atoms with Crippen LogP contribution in [0.3, 0.4) is 0 Å². The molecule has 6 heteroatoms. The van der Waals surface area contributed by atoms with E-state index in [1.807, 2.05) is 4.90 Å². The molecule has 2 aliphatic rings. The first-order valence-electron chi connectivity index (χ1n) is 7.74. The van der Waals surface area contributed by atoms with Gasteiger partial charge in [0.25, 0.3) is 0 Å². The lowest BCUT2D eigenvalue weighted by atomic mass is 9.93. The van der Waals surface area contributed by atoms with E-state index in [0.717, 1.165) is 32.2 Å². The first-order chi connectivity index (χ1) is 10.8. The van der Waals surface area contributed by atoms with Gasteiger partial charge in [-0.05, 0) is 19.3 Å². The van der Waals surface area contributed by atoms with Crippen LogP contribution in [0.2, 0.25) is 0 Å². The number of carbonyl (C=O) groups excluding carboxylic acids is 1. The first-order valence-corrected chi connectivity index (χ1v) is 7.74. The summed E-state index contributed by atoms with van der Waals surface area (Å²) in [6.45, 7) is 1.39. The normalized spacial score (nSPS) is 24.3. The maximum absolute atomic E-state index is 12.5. The highest BCUT2D eigenvalue weighted by atomic mass is 16.5. The highest BCUT2D eigenvalue weighted by molar-refractivity contribution is 5.79. The van der Waals surface area contributed by atoms with Gasteiger partial charge in [0.1, 0.15) is 6.10 Å². The summed E-state index contributed by atoms with van der Waals surface area (Å²) >= 11 is 0. The molecule has 1 aromatic rings. The Morgan fingerprint density at radius 2 is 2.05 bits per heavy atom. The summed E-state index contributed by atoms with van der Waals surface area (Å²) in [5, 5.41) is 7.84. The topological polar surface area (TPSA) is 64.6 Å². The van der Waals surface area contributed by atoms with Crippen LogP contribution in [-0.4, -0.2) is 47.3 Å². The van der Waals surface area contributed by atoms with Crippen LogP contribution in [0.25, 0.3) is 0 Å². The van der Waals surface area contributed by atoms with Gasteiger partial charge in [0.15, 0.2) is 0 Å². The second-order valence-electron chi connectivity index (χ2n) is 5.71. The van der Waals surface area contributed by atoms with Gasteiger partial charge in [0, 0.05) is 31.0 Å². The van der Waals surface area contributed by atoms with Gasteiger partial charge in [-0.3, -0.25) is 4.79 Å². The molecule has 0 radical (unpaired) electrons. The van der Waals surface area contributed by atoms with Gasteiger partial charge >= 0.3 is 0 Å². The van der Waals surface area contributed by atoms with Crippen molar-refractivity contribution in [2.24, 2.45) is 5.92 Å². The smallest absolute Gasteiger partial charge is 0.233 e. The van der Waals surface area contributed by atoms with Crippen LogP contribution in [0.15, 0.2) is 24.3 Å². The number of hydrogen-bond donors (Lipinski definition) is 0. The van der Waals surface area contributed by atoms with Crippen molar-refractivity contribution in [1.82, 2.24) is 15.1 Å². The second-order valence-corrected chi connectivity index (χ2v) is 5.71. The fraction of sp³-hybridized carbons (Fsp3) is 0.562. The molecule has 0 unspecified atom stereocenters. The van der Waals surface area contributed by atoms with Gasteiger partial charge in [0.05, 0.1) is 13.7 Å². The third-order valence-electron chi connectivity index (χ3n) is 4.19. The summed E-state index contributed by atoms with van der Waals surface area (Å²) in [6, 6.07) is 3.46. The van der Waals surface area contributed by atoms with Gasteiger partial charge in [-0.1, -0.05) is 12.2 Å². The monoisotopic (exact) mass is 303 g/mol. The van der Waals surface area contributed by atoms with E-state index in [1.54, 1.807) is 19.2 Å². The van der Waals surface area contributed by atoms with Crippen molar-refractivity contribution in [3.63, 3.8) is 0 Å². The Balaban J connectivity index is 1.53. The molecular weight excluding hydrogens is 282 g/mol. The number of methoxy groups -OCH3 is 1. The van der Waals surface area contributed by atoms with E-state index in [-0.39, 0.29) is 17.9 Å². The Kier molecular flexibility index (Phi) is 4.56. The van der Waals surface area contributed by atoms with Crippen LogP contribution in [0.1, 0.15) is 25.7 Å². The number of amides is 1. The minimum absolute atomic E-state index is 0.00854. The molecule has 2 heterocycles. The van der Waals surface area contributed by atoms with Crippen molar-refractivity contribution in [2.45, 2.75) is 31.8 Å². The molecule has 1 fully saturated rings. The predicted octanol–water partition coefficient (Wildman–Crippen LogP) is 1.82. The molecule has 1 amide bonds. The Hall–Kier alpha value is -2.11. The highest BCUT2D eigenvalue weighted by Gasteiger charge is 2.31. The lowest BCUT2D eigenvalue weighted by Gasteiger charge is -2.24. The molecule has 6 nitrogen and oxygen atoms in total. The number of ether oxygens (including phenoxy) is 2. The second kappa shape index (κ2) is 6.77. The Morgan fingerprint density at radius 1 is 1.23 bits per heavy atom. The summed E-state index contributed by atoms with van der Waals surface area (Å²) in [5.74, 6) is 1.34. The molecule has 118 valence electrons. The van der Waals surface area contributed by atoms with E-state index in [0.29, 0.717) is 18.3 Å². The summed E-state index contributed by atoms with van der Waals surface area (Å²) in [4.78, 5) is 14.4. The molecule has 0 bridgehead atoms. The van der Waals surface area contributed by atoms with Gasteiger partial charge in [0.2, 0.25) is 17.7 Å². The average Bonchev–Trinajstić information content (AvgIpc) is 3.04. The maximum atomic E-state index is 12.5. The standard InChI is InChI=1S/C16H21N3O3/c1-21-14-7-8-15(18-17-14)22-13-9-10-19(11-13)16(20)12-5-3-2-4-6-12/h2-3,7-8,12-13H,4-6,9-11H2,1H3/t12-,13-/m1/s1. The van der Waals surface area contributed by atoms with Crippen LogP contribution < -0.4 is 9.47 Å². The fourth-order valence-electron chi connectivity index (χ4n) is 2.95. The molecule has 0 aromatic carbocycles. The molecule has 1 aliphatic carbocycles. The average molecular weight is 303 g/mol. The number of likely N-dealkylation sites (tertiary alicyclic amines) is 1. The Bertz CT molecular complexity index is 544. The molecular formula is C16H21N3O3. The van der Waals surface area contributed by atoms with E-state index in [4.69, 9.17) is 9.47 Å². The van der Waals surface area contributed by atoms with Gasteiger partial charge in [-0.15, -0.1) is 10.2 Å². The van der Waals surface area contributed by atoms with Gasteiger partial charge in [-0.2, -0.15) is 0 Å². The summed E-state index contributed by atoms with van der Waals surface area (Å²) < 4.78 is 10.8. The number of aromatic nitrogens is 2. The zero-order valence-corrected chi connectivity index (χ0v) is 12.8. The lowest BCUT2D eigenvalue weighted by Crippen LogP contribution is -2.36. The highest BCUT2D eigenvalue weighted by Crippen LogP contribution is 2.24. The van der Waals surface area contributed by atoms with Crippen molar-refractivity contribution in [2.75, 3.05) is 20.2 Å². The fourth-order valence-corrected chi connectivity index (χ4v) is 2.95. The van der Waals surface area contributed by atoms with Crippen molar-refractivity contribution in [1.29, 1.82) is 0 Å². The third kappa shape index (κ3) is 3.37. The minimum Gasteiger partial charge on any atom is -0.480 e. The predicted molar refractivity (Wildman–Crippen MR) is 80.7 cm³/mol. The van der Waals surface area contributed by atoms with Crippen LogP contribution in [0.4, 0.5) is 0 Å². The Morgan fingerprint density at radius 3 is 2.73 bits per heavy atom. The van der Waals surface area contributed by atoms with Crippen LogP contribution in [0, 0.1) is 5.92 Å². The van der Waals surface area contributed by atoms with Crippen LogP contribution >= 0.6 is 0 Å². The number of rotatable bonds is 4. The van der Waals surface area contributed by atoms with E-state index >= 15 is 0 Å². The third-order valence-corrected chi connectivity index (χ3v) is 4.19. The zero-order chi connectivity index (χ0) is 15.4. The van der Waals surface area contributed by atoms with Crippen molar-refractivity contribution < 1.29 is 14.3 Å². The molecule has 0 N–H and O–H groups in total. The maximum Gasteiger partial charge on any atom is 0.233 e. The number of hydrogen-bond acceptors (Lipinski definition) is 5. The molecule has 0 spiro atoms. The van der Waals surface area contributed by atoms with E-state index < -0.39 is 0 Å². The Labute approximate surface area is 130 Å². The van der Waals surface area contributed by atoms with Gasteiger partial charge < -0.3 is 14.4 Å². The summed E-state index contributed by atoms with van der Waals surface area (Å²) in [6.07, 6.45) is 7.93. The van der Waals surface area contributed by atoms with Crippen molar-refractivity contribution in [3.05, 3.63) is 24.3 Å².